The van der Waals surface area contributed by atoms with Gasteiger partial charge in [-0.3, -0.25) is 0 Å². The number of quaternary nitrogens is 1. The first-order chi connectivity index (χ1) is 11.8. The Hall–Kier alpha value is -1.46. The Morgan fingerprint density at radius 3 is 2.19 bits per heavy atom. The van der Waals surface area contributed by atoms with Crippen LogP contribution in [0.4, 0.5) is 4.79 Å². The topological polar surface area (TPSA) is 43.2 Å². The molecule has 1 aromatic carbocycles. The second-order valence-corrected chi connectivity index (χ2v) is 6.82. The van der Waals surface area contributed by atoms with Crippen molar-refractivity contribution in [3.05, 3.63) is 28.8 Å². The van der Waals surface area contributed by atoms with E-state index in [-0.39, 0.29) is 24.5 Å². The highest BCUT2D eigenvalue weighted by molar-refractivity contribution is 5.67. The zero-order valence-corrected chi connectivity index (χ0v) is 18.1. The summed E-state index contributed by atoms with van der Waals surface area (Å²) in [7, 11) is 1.76. The minimum atomic E-state index is -0.292. The molecule has 1 aromatic rings. The largest absolute Gasteiger partial charge is 1.00 e. The molecule has 6 heteroatoms. The van der Waals surface area contributed by atoms with E-state index in [0.717, 1.165) is 36.5 Å². The molecule has 5 nitrogen and oxygen atoms in total. The van der Waals surface area contributed by atoms with Crippen LogP contribution in [0.2, 0.25) is 0 Å². The predicted octanol–water partition coefficient (Wildman–Crippen LogP) is -0.624. The standard InChI is InChI=1S/C20H34N2O3.ClH/c1-8-22(9-2)10-11-24-20(23)21(7)18(6)14-25-19-16(4)12-15(3)13-17(19)5;/h12-13,18H,8-11,14H2,1-7H3;1H. The first kappa shape index (κ1) is 24.5. The van der Waals surface area contributed by atoms with Crippen molar-refractivity contribution >= 4 is 6.09 Å². The molecule has 1 atom stereocenters. The maximum absolute atomic E-state index is 12.2. The minimum absolute atomic E-state index is 0. The molecule has 1 rings (SSSR count). The van der Waals surface area contributed by atoms with Crippen LogP contribution < -0.4 is 22.0 Å². The van der Waals surface area contributed by atoms with Gasteiger partial charge in [0.05, 0.1) is 19.1 Å². The maximum Gasteiger partial charge on any atom is 0.410 e. The summed E-state index contributed by atoms with van der Waals surface area (Å²) in [4.78, 5) is 15.2. The van der Waals surface area contributed by atoms with E-state index in [1.165, 1.54) is 10.5 Å². The van der Waals surface area contributed by atoms with Crippen molar-refractivity contribution in [2.75, 3.05) is 39.9 Å². The van der Waals surface area contributed by atoms with Gasteiger partial charge in [0.2, 0.25) is 0 Å². The van der Waals surface area contributed by atoms with Crippen LogP contribution in [0.1, 0.15) is 37.5 Å². The number of hydrogen-bond acceptors (Lipinski definition) is 3. The summed E-state index contributed by atoms with van der Waals surface area (Å²) < 4.78 is 11.4. The lowest BCUT2D eigenvalue weighted by molar-refractivity contribution is -0.896. The fourth-order valence-corrected chi connectivity index (χ4v) is 2.88. The summed E-state index contributed by atoms with van der Waals surface area (Å²) >= 11 is 0. The molecule has 26 heavy (non-hydrogen) atoms. The third-order valence-corrected chi connectivity index (χ3v) is 4.70. The normalized spacial score (nSPS) is 11.7. The number of aryl methyl sites for hydroxylation is 3. The molecule has 0 fully saturated rings. The van der Waals surface area contributed by atoms with Crippen molar-refractivity contribution in [2.45, 2.75) is 47.6 Å². The molecule has 150 valence electrons. The van der Waals surface area contributed by atoms with E-state index < -0.39 is 0 Å². The summed E-state index contributed by atoms with van der Waals surface area (Å²) in [6, 6.07) is 4.16. The van der Waals surface area contributed by atoms with Crippen LogP contribution in [-0.4, -0.2) is 56.9 Å². The van der Waals surface area contributed by atoms with Crippen LogP contribution in [0, 0.1) is 20.8 Å². The Bertz CT molecular complexity index is 539. The number of halogens is 1. The van der Waals surface area contributed by atoms with Gasteiger partial charge in [0.25, 0.3) is 0 Å². The van der Waals surface area contributed by atoms with E-state index >= 15 is 0 Å². The zero-order chi connectivity index (χ0) is 19.0. The number of likely N-dealkylation sites (N-methyl/N-ethyl adjacent to an activating group) is 2. The molecule has 0 saturated carbocycles. The number of carbonyl (C=O) groups excluding carboxylic acids is 1. The van der Waals surface area contributed by atoms with Gasteiger partial charge >= 0.3 is 6.09 Å². The summed E-state index contributed by atoms with van der Waals surface area (Å²) in [6.45, 7) is 16.3. The number of amides is 1. The van der Waals surface area contributed by atoms with Gasteiger partial charge in [-0.2, -0.15) is 0 Å². The van der Waals surface area contributed by atoms with Crippen molar-refractivity contribution < 1.29 is 31.6 Å². The number of benzene rings is 1. The van der Waals surface area contributed by atoms with E-state index in [1.807, 2.05) is 20.8 Å². The van der Waals surface area contributed by atoms with E-state index in [4.69, 9.17) is 9.47 Å². The quantitative estimate of drug-likeness (QED) is 0.615. The van der Waals surface area contributed by atoms with Gasteiger partial charge in [0.1, 0.15) is 25.5 Å². The number of rotatable bonds is 9. The molecule has 1 amide bonds. The van der Waals surface area contributed by atoms with Gasteiger partial charge in [0, 0.05) is 7.05 Å². The Morgan fingerprint density at radius 2 is 1.69 bits per heavy atom. The van der Waals surface area contributed by atoms with E-state index in [1.54, 1.807) is 11.9 Å². The molecule has 0 aliphatic rings. The van der Waals surface area contributed by atoms with Gasteiger partial charge in [0.15, 0.2) is 0 Å². The number of ether oxygens (including phenoxy) is 2. The molecule has 1 unspecified atom stereocenters. The van der Waals surface area contributed by atoms with E-state index in [0.29, 0.717) is 13.2 Å². The Kier molecular flexibility index (Phi) is 11.3. The smallest absolute Gasteiger partial charge is 0.410 e. The number of hydrogen-bond donors (Lipinski definition) is 1. The lowest BCUT2D eigenvalue weighted by Crippen LogP contribution is -3.11. The summed E-state index contributed by atoms with van der Waals surface area (Å²) in [5.41, 5.74) is 3.47. The monoisotopic (exact) mass is 386 g/mol. The van der Waals surface area contributed by atoms with E-state index in [2.05, 4.69) is 32.9 Å². The van der Waals surface area contributed by atoms with Crippen LogP contribution in [0.15, 0.2) is 12.1 Å². The van der Waals surface area contributed by atoms with Crippen LogP contribution >= 0.6 is 0 Å². The van der Waals surface area contributed by atoms with Crippen LogP contribution in [-0.2, 0) is 4.74 Å². The molecule has 1 N–H and O–H groups in total. The Labute approximate surface area is 165 Å². The lowest BCUT2D eigenvalue weighted by atomic mass is 10.1. The molecule has 0 spiro atoms. The average molecular weight is 387 g/mol. The van der Waals surface area contributed by atoms with Gasteiger partial charge in [-0.05, 0) is 52.7 Å². The first-order valence-corrected chi connectivity index (χ1v) is 9.23. The molecule has 0 aliphatic carbocycles. The first-order valence-electron chi connectivity index (χ1n) is 9.23. The second-order valence-electron chi connectivity index (χ2n) is 6.82. The van der Waals surface area contributed by atoms with Crippen molar-refractivity contribution in [3.63, 3.8) is 0 Å². The van der Waals surface area contributed by atoms with Crippen LogP contribution in [0.3, 0.4) is 0 Å². The van der Waals surface area contributed by atoms with Gasteiger partial charge < -0.3 is 31.7 Å². The molecule has 0 aliphatic heterocycles. The number of carbonyl (C=O) groups is 1. The predicted molar refractivity (Wildman–Crippen MR) is 102 cm³/mol. The molecule has 0 aromatic heterocycles. The number of nitrogens with one attached hydrogen (secondary N) is 1. The van der Waals surface area contributed by atoms with Crippen molar-refractivity contribution in [2.24, 2.45) is 0 Å². The third kappa shape index (κ3) is 7.42. The molecule has 0 heterocycles. The van der Waals surface area contributed by atoms with Crippen molar-refractivity contribution in [3.8, 4) is 5.75 Å². The maximum atomic E-state index is 12.2. The van der Waals surface area contributed by atoms with Crippen molar-refractivity contribution in [1.82, 2.24) is 4.90 Å². The SMILES string of the molecule is CC[NH+](CC)CCOC(=O)N(C)C(C)COc1c(C)cc(C)cc1C.[Cl-]. The Morgan fingerprint density at radius 1 is 1.15 bits per heavy atom. The molecule has 0 bridgehead atoms. The van der Waals surface area contributed by atoms with E-state index in [9.17, 15) is 4.79 Å². The van der Waals surface area contributed by atoms with Gasteiger partial charge in [-0.1, -0.05) is 17.7 Å². The van der Waals surface area contributed by atoms with Gasteiger partial charge in [-0.15, -0.1) is 0 Å². The fraction of sp³-hybridized carbons (Fsp3) is 0.650. The van der Waals surface area contributed by atoms with Crippen molar-refractivity contribution in [1.29, 1.82) is 0 Å². The second kappa shape index (κ2) is 12.0. The fourth-order valence-electron chi connectivity index (χ4n) is 2.88. The van der Waals surface area contributed by atoms with Crippen LogP contribution in [0.5, 0.6) is 5.75 Å². The lowest BCUT2D eigenvalue weighted by Gasteiger charge is -2.25. The third-order valence-electron chi connectivity index (χ3n) is 4.70. The molecular weight excluding hydrogens is 352 g/mol. The highest BCUT2D eigenvalue weighted by Gasteiger charge is 2.19. The Balaban J connectivity index is 0.00000625. The van der Waals surface area contributed by atoms with Gasteiger partial charge in [-0.25, -0.2) is 4.79 Å². The molecule has 0 saturated heterocycles. The summed E-state index contributed by atoms with van der Waals surface area (Å²) in [5.74, 6) is 0.907. The molecule has 0 radical (unpaired) electrons. The summed E-state index contributed by atoms with van der Waals surface area (Å²) in [5, 5.41) is 0. The zero-order valence-electron chi connectivity index (χ0n) is 17.3. The highest BCUT2D eigenvalue weighted by atomic mass is 35.5. The minimum Gasteiger partial charge on any atom is -1.00 e. The average Bonchev–Trinajstić information content (AvgIpc) is 2.56. The van der Waals surface area contributed by atoms with Crippen LogP contribution in [0.25, 0.3) is 0 Å². The number of nitrogens with zero attached hydrogens (tertiary/aromatic N) is 1. The highest BCUT2D eigenvalue weighted by Crippen LogP contribution is 2.24. The molecular formula is C20H35ClN2O3. The summed E-state index contributed by atoms with van der Waals surface area (Å²) in [6.07, 6.45) is -0.292.